The Hall–Kier alpha value is -1.85. The van der Waals surface area contributed by atoms with E-state index in [1.165, 1.54) is 15.6 Å². The molecule has 2 aliphatic heterocycles. The molecule has 0 spiro atoms. The van der Waals surface area contributed by atoms with Crippen LogP contribution in [0.2, 0.25) is 0 Å². The van der Waals surface area contributed by atoms with Crippen LogP contribution in [-0.4, -0.2) is 44.3 Å². The Morgan fingerprint density at radius 3 is 2.81 bits per heavy atom. The molecule has 1 N–H and O–H groups in total. The summed E-state index contributed by atoms with van der Waals surface area (Å²) in [6, 6.07) is 10.4. The minimum Gasteiger partial charge on any atom is -0.361 e. The van der Waals surface area contributed by atoms with Crippen molar-refractivity contribution >= 4 is 38.9 Å². The van der Waals surface area contributed by atoms with Crippen LogP contribution in [0.4, 0.5) is 21.4 Å². The van der Waals surface area contributed by atoms with E-state index in [2.05, 4.69) is 39.3 Å². The lowest BCUT2D eigenvalue weighted by molar-refractivity contribution is 0.313. The van der Waals surface area contributed by atoms with E-state index in [0.29, 0.717) is 0 Å². The Balaban J connectivity index is 1.63. The second kappa shape index (κ2) is 5.16. The lowest BCUT2D eigenvalue weighted by Gasteiger charge is -2.32. The Kier molecular flexibility index (Phi) is 3.16. The topological polar surface area (TPSA) is 30.9 Å². The van der Waals surface area contributed by atoms with Crippen molar-refractivity contribution in [3.05, 3.63) is 35.9 Å². The van der Waals surface area contributed by atoms with Crippen LogP contribution in [0.1, 0.15) is 5.56 Å². The first-order valence-corrected chi connectivity index (χ1v) is 8.09. The largest absolute Gasteiger partial charge is 0.361 e. The molecular weight excluding hydrogens is 280 g/mol. The van der Waals surface area contributed by atoms with E-state index < -0.39 is 0 Å². The monoisotopic (exact) mass is 298 g/mol. The minimum absolute atomic E-state index is 1.00. The van der Waals surface area contributed by atoms with Gasteiger partial charge in [-0.3, -0.25) is 4.99 Å². The summed E-state index contributed by atoms with van der Waals surface area (Å²) >= 11 is 1.83. The molecular formula is C16H18N4S. The number of rotatable bonds is 1. The normalized spacial score (nSPS) is 17.9. The zero-order chi connectivity index (χ0) is 14.2. The molecule has 1 aromatic carbocycles. The molecule has 21 heavy (non-hydrogen) atoms. The van der Waals surface area contributed by atoms with Crippen molar-refractivity contribution in [3.8, 4) is 0 Å². The summed E-state index contributed by atoms with van der Waals surface area (Å²) in [4.78, 5) is 9.44. The van der Waals surface area contributed by atoms with Gasteiger partial charge in [-0.2, -0.15) is 0 Å². The van der Waals surface area contributed by atoms with Gasteiger partial charge in [0.25, 0.3) is 0 Å². The maximum atomic E-state index is 4.59. The average Bonchev–Trinajstić information content (AvgIpc) is 2.82. The van der Waals surface area contributed by atoms with Crippen LogP contribution in [0, 0.1) is 0 Å². The van der Waals surface area contributed by atoms with Gasteiger partial charge in [-0.25, -0.2) is 0 Å². The average molecular weight is 298 g/mol. The number of fused-ring (bicyclic) bond motifs is 2. The minimum atomic E-state index is 1.00. The second-order valence-corrected chi connectivity index (χ2v) is 6.59. The summed E-state index contributed by atoms with van der Waals surface area (Å²) in [5.74, 6) is 0. The molecule has 3 heterocycles. The van der Waals surface area contributed by atoms with Crippen LogP contribution < -0.4 is 10.2 Å². The maximum absolute atomic E-state index is 4.59. The summed E-state index contributed by atoms with van der Waals surface area (Å²) < 4.78 is 0. The standard InChI is InChI=1S/C16H18N4S/c1-19-6-8-20(9-7-19)15-10-12-11-17-13-4-2-3-5-14(13)18-16(12)21-15/h2-5,10-11,18H,6-9H2,1H3. The van der Waals surface area contributed by atoms with Crippen LogP contribution in [0.3, 0.4) is 0 Å². The van der Waals surface area contributed by atoms with Crippen molar-refractivity contribution in [3.63, 3.8) is 0 Å². The van der Waals surface area contributed by atoms with Crippen LogP contribution in [0.15, 0.2) is 35.3 Å². The van der Waals surface area contributed by atoms with Gasteiger partial charge in [0.05, 0.1) is 16.4 Å². The van der Waals surface area contributed by atoms with E-state index in [-0.39, 0.29) is 0 Å². The van der Waals surface area contributed by atoms with Crippen molar-refractivity contribution in [1.29, 1.82) is 0 Å². The Morgan fingerprint density at radius 2 is 1.95 bits per heavy atom. The SMILES string of the molecule is CN1CCN(c2cc3c(s2)Nc2ccccc2N=C3)CC1. The number of anilines is 3. The first-order chi connectivity index (χ1) is 10.3. The van der Waals surface area contributed by atoms with E-state index in [0.717, 1.165) is 37.6 Å². The van der Waals surface area contributed by atoms with E-state index in [4.69, 9.17) is 0 Å². The summed E-state index contributed by atoms with van der Waals surface area (Å²) in [7, 11) is 2.19. The molecule has 0 bridgehead atoms. The van der Waals surface area contributed by atoms with Crippen molar-refractivity contribution in [2.24, 2.45) is 4.99 Å². The second-order valence-electron chi connectivity index (χ2n) is 5.56. The molecule has 1 saturated heterocycles. The Labute approximate surface area is 128 Å². The van der Waals surface area contributed by atoms with Crippen LogP contribution in [0.25, 0.3) is 0 Å². The Morgan fingerprint density at radius 1 is 1.14 bits per heavy atom. The number of thiophene rings is 1. The molecule has 4 rings (SSSR count). The number of likely N-dealkylation sites (N-methyl/N-ethyl adjacent to an activating group) is 1. The fourth-order valence-electron chi connectivity index (χ4n) is 2.72. The smallest absolute Gasteiger partial charge is 0.104 e. The molecule has 0 aliphatic carbocycles. The van der Waals surface area contributed by atoms with Gasteiger partial charge in [0.2, 0.25) is 0 Å². The summed E-state index contributed by atoms with van der Waals surface area (Å²) in [6.45, 7) is 4.47. The van der Waals surface area contributed by atoms with E-state index in [1.807, 2.05) is 35.8 Å². The molecule has 1 aromatic heterocycles. The van der Waals surface area contributed by atoms with Gasteiger partial charge in [0, 0.05) is 38.0 Å². The number of aliphatic imine (C=N–C) groups is 1. The van der Waals surface area contributed by atoms with E-state index in [9.17, 15) is 0 Å². The molecule has 0 amide bonds. The van der Waals surface area contributed by atoms with Crippen molar-refractivity contribution in [2.45, 2.75) is 0 Å². The third kappa shape index (κ3) is 2.43. The molecule has 0 radical (unpaired) electrons. The van der Waals surface area contributed by atoms with Gasteiger partial charge in [0.15, 0.2) is 0 Å². The first-order valence-electron chi connectivity index (χ1n) is 7.27. The highest BCUT2D eigenvalue weighted by Crippen LogP contribution is 2.40. The fraction of sp³-hybridized carbons (Fsp3) is 0.312. The van der Waals surface area contributed by atoms with Crippen molar-refractivity contribution in [1.82, 2.24) is 4.90 Å². The lowest BCUT2D eigenvalue weighted by atomic mass is 10.3. The maximum Gasteiger partial charge on any atom is 0.104 e. The van der Waals surface area contributed by atoms with Gasteiger partial charge in [-0.1, -0.05) is 12.1 Å². The molecule has 4 nitrogen and oxygen atoms in total. The highest BCUT2D eigenvalue weighted by atomic mass is 32.1. The van der Waals surface area contributed by atoms with Gasteiger partial charge in [-0.15, -0.1) is 11.3 Å². The van der Waals surface area contributed by atoms with E-state index >= 15 is 0 Å². The first kappa shape index (κ1) is 12.9. The third-order valence-corrected chi connectivity index (χ3v) is 5.18. The zero-order valence-corrected chi connectivity index (χ0v) is 12.9. The van der Waals surface area contributed by atoms with Gasteiger partial charge < -0.3 is 15.1 Å². The number of benzene rings is 1. The fourth-order valence-corrected chi connectivity index (χ4v) is 3.82. The molecule has 5 heteroatoms. The van der Waals surface area contributed by atoms with Crippen molar-refractivity contribution in [2.75, 3.05) is 43.4 Å². The zero-order valence-electron chi connectivity index (χ0n) is 12.0. The van der Waals surface area contributed by atoms with Crippen LogP contribution >= 0.6 is 11.3 Å². The number of para-hydroxylation sites is 2. The highest BCUT2D eigenvalue weighted by molar-refractivity contribution is 7.20. The Bertz CT molecular complexity index is 683. The molecule has 108 valence electrons. The van der Waals surface area contributed by atoms with Gasteiger partial charge >= 0.3 is 0 Å². The third-order valence-electron chi connectivity index (χ3n) is 4.06. The summed E-state index contributed by atoms with van der Waals surface area (Å²) in [5.41, 5.74) is 3.27. The summed E-state index contributed by atoms with van der Waals surface area (Å²) in [6.07, 6.45) is 1.98. The molecule has 0 unspecified atom stereocenters. The van der Waals surface area contributed by atoms with Crippen LogP contribution in [0.5, 0.6) is 0 Å². The number of piperazine rings is 1. The van der Waals surface area contributed by atoms with Gasteiger partial charge in [0.1, 0.15) is 5.00 Å². The van der Waals surface area contributed by atoms with Gasteiger partial charge in [-0.05, 0) is 25.2 Å². The summed E-state index contributed by atoms with van der Waals surface area (Å²) in [5, 5.41) is 6.06. The van der Waals surface area contributed by atoms with E-state index in [1.54, 1.807) is 0 Å². The highest BCUT2D eigenvalue weighted by Gasteiger charge is 2.19. The predicted octanol–water partition coefficient (Wildman–Crippen LogP) is 3.31. The number of nitrogens with zero attached hydrogens (tertiary/aromatic N) is 3. The number of hydrogen-bond acceptors (Lipinski definition) is 5. The quantitative estimate of drug-likeness (QED) is 0.748. The molecule has 0 saturated carbocycles. The van der Waals surface area contributed by atoms with Crippen molar-refractivity contribution < 1.29 is 0 Å². The van der Waals surface area contributed by atoms with Crippen LogP contribution in [-0.2, 0) is 0 Å². The number of nitrogens with one attached hydrogen (secondary N) is 1. The molecule has 1 fully saturated rings. The number of hydrogen-bond donors (Lipinski definition) is 1. The molecule has 2 aliphatic rings. The molecule has 0 atom stereocenters. The predicted molar refractivity (Wildman–Crippen MR) is 91.0 cm³/mol. The molecule has 2 aromatic rings. The lowest BCUT2D eigenvalue weighted by Crippen LogP contribution is -2.44.